The van der Waals surface area contributed by atoms with Gasteiger partial charge in [-0.1, -0.05) is 6.07 Å². The number of nitrogens with one attached hydrogen (secondary N) is 1. The third-order valence-corrected chi connectivity index (χ3v) is 4.24. The zero-order valence-electron chi connectivity index (χ0n) is 13.0. The van der Waals surface area contributed by atoms with Crippen molar-refractivity contribution in [2.24, 2.45) is 0 Å². The fourth-order valence-electron chi connectivity index (χ4n) is 2.09. The van der Waals surface area contributed by atoms with Gasteiger partial charge in [-0.2, -0.15) is 5.26 Å². The molecule has 0 aromatic heterocycles. The molecule has 0 atom stereocenters. The Morgan fingerprint density at radius 1 is 1.20 bits per heavy atom. The van der Waals surface area contributed by atoms with Crippen LogP contribution in [0.3, 0.4) is 0 Å². The molecule has 25 heavy (non-hydrogen) atoms. The number of benzene rings is 2. The molecule has 0 unspecified atom stereocenters. The highest BCUT2D eigenvalue weighted by Crippen LogP contribution is 2.19. The molecule has 0 heterocycles. The first-order chi connectivity index (χ1) is 11.7. The van der Waals surface area contributed by atoms with Crippen LogP contribution in [0.1, 0.15) is 5.56 Å². The van der Waals surface area contributed by atoms with E-state index in [4.69, 9.17) is 5.26 Å². The summed E-state index contributed by atoms with van der Waals surface area (Å²) in [7, 11) is -3.83. The van der Waals surface area contributed by atoms with Crippen LogP contribution in [0.2, 0.25) is 0 Å². The van der Waals surface area contributed by atoms with Crippen molar-refractivity contribution in [1.29, 1.82) is 5.26 Å². The smallest absolute Gasteiger partial charge is 0.245 e. The van der Waals surface area contributed by atoms with Crippen molar-refractivity contribution in [1.82, 2.24) is 0 Å². The van der Waals surface area contributed by atoms with Crippen LogP contribution in [0, 0.1) is 23.0 Å². The average molecular weight is 365 g/mol. The standard InChI is InChI=1S/C16H13F2N3O3S/c1-25(23,24)21(15-4-2-3-11(5-15)9-19)10-16(22)20-14-7-12(17)6-13(18)8-14/h2-8H,10H2,1H3,(H,20,22). The number of carbonyl (C=O) groups is 1. The molecule has 0 spiro atoms. The highest BCUT2D eigenvalue weighted by Gasteiger charge is 2.21. The van der Waals surface area contributed by atoms with Gasteiger partial charge in [-0.25, -0.2) is 17.2 Å². The molecular weight excluding hydrogens is 352 g/mol. The minimum Gasteiger partial charge on any atom is -0.324 e. The molecule has 0 saturated heterocycles. The number of anilines is 2. The summed E-state index contributed by atoms with van der Waals surface area (Å²) in [6, 6.07) is 10.0. The van der Waals surface area contributed by atoms with Crippen LogP contribution in [-0.2, 0) is 14.8 Å². The fraction of sp³-hybridized carbons (Fsp3) is 0.125. The molecule has 1 amide bonds. The zero-order valence-corrected chi connectivity index (χ0v) is 13.8. The van der Waals surface area contributed by atoms with Gasteiger partial charge in [-0.15, -0.1) is 0 Å². The number of hydrogen-bond acceptors (Lipinski definition) is 4. The van der Waals surface area contributed by atoms with Crippen molar-refractivity contribution in [2.75, 3.05) is 22.4 Å². The first-order valence-electron chi connectivity index (χ1n) is 6.93. The van der Waals surface area contributed by atoms with Gasteiger partial charge in [0.15, 0.2) is 0 Å². The second kappa shape index (κ2) is 7.27. The monoisotopic (exact) mass is 365 g/mol. The lowest BCUT2D eigenvalue weighted by Crippen LogP contribution is -2.37. The van der Waals surface area contributed by atoms with Crippen molar-refractivity contribution < 1.29 is 22.0 Å². The lowest BCUT2D eigenvalue weighted by Gasteiger charge is -2.22. The van der Waals surface area contributed by atoms with Gasteiger partial charge in [0.2, 0.25) is 15.9 Å². The first kappa shape index (κ1) is 18.4. The molecule has 9 heteroatoms. The van der Waals surface area contributed by atoms with Gasteiger partial charge >= 0.3 is 0 Å². The van der Waals surface area contributed by atoms with Crippen molar-refractivity contribution in [3.63, 3.8) is 0 Å². The van der Waals surface area contributed by atoms with Gasteiger partial charge in [-0.05, 0) is 30.3 Å². The van der Waals surface area contributed by atoms with Crippen LogP contribution in [0.5, 0.6) is 0 Å². The van der Waals surface area contributed by atoms with Crippen LogP contribution >= 0.6 is 0 Å². The number of amides is 1. The van der Waals surface area contributed by atoms with Crippen molar-refractivity contribution >= 4 is 27.3 Å². The number of nitrogens with zero attached hydrogens (tertiary/aromatic N) is 2. The van der Waals surface area contributed by atoms with E-state index in [0.717, 1.165) is 22.7 Å². The Balaban J connectivity index is 2.25. The van der Waals surface area contributed by atoms with E-state index in [-0.39, 0.29) is 16.9 Å². The molecule has 0 bridgehead atoms. The van der Waals surface area contributed by atoms with E-state index >= 15 is 0 Å². The van der Waals surface area contributed by atoms with E-state index in [1.54, 1.807) is 0 Å². The summed E-state index contributed by atoms with van der Waals surface area (Å²) in [5.41, 5.74) is 0.211. The predicted octanol–water partition coefficient (Wildman–Crippen LogP) is 2.24. The Labute approximate surface area is 143 Å². The highest BCUT2D eigenvalue weighted by molar-refractivity contribution is 7.92. The van der Waals surface area contributed by atoms with Crippen LogP contribution in [0.25, 0.3) is 0 Å². The molecule has 0 radical (unpaired) electrons. The maximum Gasteiger partial charge on any atom is 0.245 e. The van der Waals surface area contributed by atoms with E-state index in [1.165, 1.54) is 24.3 Å². The Kier molecular flexibility index (Phi) is 5.34. The molecule has 0 aliphatic carbocycles. The van der Waals surface area contributed by atoms with Crippen LogP contribution in [0.4, 0.5) is 20.2 Å². The summed E-state index contributed by atoms with van der Waals surface area (Å²) >= 11 is 0. The van der Waals surface area contributed by atoms with Crippen LogP contribution in [-0.4, -0.2) is 27.1 Å². The molecule has 1 N–H and O–H groups in total. The van der Waals surface area contributed by atoms with E-state index < -0.39 is 34.1 Å². The normalized spacial score (nSPS) is 10.8. The maximum absolute atomic E-state index is 13.2. The zero-order chi connectivity index (χ0) is 18.6. The second-order valence-corrected chi connectivity index (χ2v) is 7.04. The molecule has 130 valence electrons. The Morgan fingerprint density at radius 2 is 1.84 bits per heavy atom. The number of nitriles is 1. The molecule has 0 fully saturated rings. The quantitative estimate of drug-likeness (QED) is 0.880. The highest BCUT2D eigenvalue weighted by atomic mass is 32.2. The van der Waals surface area contributed by atoms with Gasteiger partial charge in [0.05, 0.1) is 23.6 Å². The first-order valence-corrected chi connectivity index (χ1v) is 8.77. The number of hydrogen-bond donors (Lipinski definition) is 1. The van der Waals surface area contributed by atoms with Gasteiger partial charge < -0.3 is 5.32 Å². The van der Waals surface area contributed by atoms with Crippen molar-refractivity contribution in [3.05, 3.63) is 59.7 Å². The summed E-state index contributed by atoms with van der Waals surface area (Å²) in [6.07, 6.45) is 0.904. The Bertz CT molecular complexity index is 935. The predicted molar refractivity (Wildman–Crippen MR) is 88.3 cm³/mol. The largest absolute Gasteiger partial charge is 0.324 e. The topological polar surface area (TPSA) is 90.3 Å². The molecule has 6 nitrogen and oxygen atoms in total. The van der Waals surface area contributed by atoms with E-state index in [1.807, 2.05) is 6.07 Å². The number of carbonyl (C=O) groups excluding carboxylic acids is 1. The third-order valence-electron chi connectivity index (χ3n) is 3.10. The number of halogens is 2. The lowest BCUT2D eigenvalue weighted by atomic mass is 10.2. The number of rotatable bonds is 5. The average Bonchev–Trinajstić information content (AvgIpc) is 2.50. The summed E-state index contributed by atoms with van der Waals surface area (Å²) in [6.45, 7) is -0.619. The van der Waals surface area contributed by atoms with Gasteiger partial charge in [-0.3, -0.25) is 9.10 Å². The Morgan fingerprint density at radius 3 is 2.40 bits per heavy atom. The molecule has 0 saturated carbocycles. The third kappa shape index (κ3) is 4.99. The van der Waals surface area contributed by atoms with Gasteiger partial charge in [0, 0.05) is 11.8 Å². The lowest BCUT2D eigenvalue weighted by molar-refractivity contribution is -0.114. The van der Waals surface area contributed by atoms with E-state index in [0.29, 0.717) is 6.07 Å². The molecule has 2 aromatic rings. The van der Waals surface area contributed by atoms with Crippen molar-refractivity contribution in [3.8, 4) is 6.07 Å². The molecular formula is C16H13F2N3O3S. The molecule has 0 aliphatic heterocycles. The summed E-state index contributed by atoms with van der Waals surface area (Å²) in [4.78, 5) is 12.1. The SMILES string of the molecule is CS(=O)(=O)N(CC(=O)Nc1cc(F)cc(F)c1)c1cccc(C#N)c1. The summed E-state index contributed by atoms with van der Waals surface area (Å²) < 4.78 is 51.0. The molecule has 0 aliphatic rings. The Hall–Kier alpha value is -2.99. The van der Waals surface area contributed by atoms with E-state index in [2.05, 4.69) is 5.32 Å². The summed E-state index contributed by atoms with van der Waals surface area (Å²) in [5.74, 6) is -2.55. The molecule has 2 rings (SSSR count). The number of sulfonamides is 1. The second-order valence-electron chi connectivity index (χ2n) is 5.14. The van der Waals surface area contributed by atoms with Crippen molar-refractivity contribution in [2.45, 2.75) is 0 Å². The van der Waals surface area contributed by atoms with Gasteiger partial charge in [0.25, 0.3) is 0 Å². The fourth-order valence-corrected chi connectivity index (χ4v) is 2.94. The minimum absolute atomic E-state index is 0.127. The summed E-state index contributed by atoms with van der Waals surface area (Å²) in [5, 5.41) is 11.1. The van der Waals surface area contributed by atoms with Crippen LogP contribution < -0.4 is 9.62 Å². The van der Waals surface area contributed by atoms with Crippen LogP contribution in [0.15, 0.2) is 42.5 Å². The molecule has 2 aromatic carbocycles. The maximum atomic E-state index is 13.2. The minimum atomic E-state index is -3.83. The van der Waals surface area contributed by atoms with E-state index in [9.17, 15) is 22.0 Å². The van der Waals surface area contributed by atoms with Gasteiger partial charge in [0.1, 0.15) is 18.2 Å².